The van der Waals surface area contributed by atoms with Crippen LogP contribution in [0.3, 0.4) is 0 Å². The SMILES string of the molecule is CCc1cc(-c2cc(C(=O)O)nn2C)c(C)cc1O. The van der Waals surface area contributed by atoms with Crippen molar-refractivity contribution in [3.05, 3.63) is 35.0 Å². The van der Waals surface area contributed by atoms with Gasteiger partial charge in [0.25, 0.3) is 0 Å². The Kier molecular flexibility index (Phi) is 3.29. The maximum absolute atomic E-state index is 10.9. The summed E-state index contributed by atoms with van der Waals surface area (Å²) in [5.74, 6) is -0.779. The molecule has 5 heteroatoms. The van der Waals surface area contributed by atoms with Gasteiger partial charge in [-0.3, -0.25) is 4.68 Å². The molecule has 0 aliphatic heterocycles. The van der Waals surface area contributed by atoms with E-state index in [4.69, 9.17) is 5.11 Å². The summed E-state index contributed by atoms with van der Waals surface area (Å²) < 4.78 is 1.54. The van der Waals surface area contributed by atoms with Gasteiger partial charge >= 0.3 is 5.97 Å². The van der Waals surface area contributed by atoms with E-state index in [0.29, 0.717) is 6.42 Å². The summed E-state index contributed by atoms with van der Waals surface area (Å²) in [6.45, 7) is 3.84. The minimum absolute atomic E-state index is 0.0167. The molecule has 1 aromatic heterocycles. The number of nitrogens with zero attached hydrogens (tertiary/aromatic N) is 2. The van der Waals surface area contributed by atoms with Crippen LogP contribution in [0.15, 0.2) is 18.2 Å². The van der Waals surface area contributed by atoms with E-state index in [1.807, 2.05) is 19.9 Å². The predicted octanol–water partition coefficient (Wildman–Crippen LogP) is 2.36. The Balaban J connectivity index is 2.61. The van der Waals surface area contributed by atoms with Gasteiger partial charge in [0, 0.05) is 12.6 Å². The van der Waals surface area contributed by atoms with Crippen LogP contribution in [0.2, 0.25) is 0 Å². The minimum Gasteiger partial charge on any atom is -0.508 e. The van der Waals surface area contributed by atoms with Crippen molar-refractivity contribution in [2.75, 3.05) is 0 Å². The molecule has 0 radical (unpaired) electrons. The monoisotopic (exact) mass is 260 g/mol. The van der Waals surface area contributed by atoms with Gasteiger partial charge in [-0.2, -0.15) is 5.10 Å². The Bertz CT molecular complexity index is 644. The smallest absolute Gasteiger partial charge is 0.356 e. The highest BCUT2D eigenvalue weighted by atomic mass is 16.4. The summed E-state index contributed by atoms with van der Waals surface area (Å²) in [6, 6.07) is 5.12. The molecular formula is C14H16N2O3. The van der Waals surface area contributed by atoms with E-state index in [-0.39, 0.29) is 11.4 Å². The summed E-state index contributed by atoms with van der Waals surface area (Å²) in [6.07, 6.45) is 0.711. The first kappa shape index (κ1) is 13.1. The van der Waals surface area contributed by atoms with Crippen LogP contribution in [0.5, 0.6) is 5.75 Å². The topological polar surface area (TPSA) is 75.3 Å². The van der Waals surface area contributed by atoms with Crippen LogP contribution in [0.1, 0.15) is 28.5 Å². The van der Waals surface area contributed by atoms with Gasteiger partial charge in [-0.25, -0.2) is 4.79 Å². The van der Waals surface area contributed by atoms with E-state index < -0.39 is 5.97 Å². The van der Waals surface area contributed by atoms with Gasteiger partial charge in [-0.15, -0.1) is 0 Å². The number of phenolic OH excluding ortho intramolecular Hbond substituents is 1. The standard InChI is InChI=1S/C14H16N2O3/c1-4-9-6-10(8(2)5-13(9)17)12-7-11(14(18)19)15-16(12)3/h5-7,17H,4H2,1-3H3,(H,18,19). The number of rotatable bonds is 3. The normalized spacial score (nSPS) is 10.7. The molecule has 2 N–H and O–H groups in total. The highest BCUT2D eigenvalue weighted by molar-refractivity contribution is 5.87. The van der Waals surface area contributed by atoms with Gasteiger partial charge in [-0.05, 0) is 42.7 Å². The molecule has 0 aliphatic rings. The Morgan fingerprint density at radius 2 is 2.05 bits per heavy atom. The van der Waals surface area contributed by atoms with E-state index >= 15 is 0 Å². The van der Waals surface area contributed by atoms with Crippen LogP contribution in [-0.2, 0) is 13.5 Å². The number of hydrogen-bond donors (Lipinski definition) is 2. The van der Waals surface area contributed by atoms with E-state index in [2.05, 4.69) is 5.10 Å². The first-order valence-corrected chi connectivity index (χ1v) is 6.04. The van der Waals surface area contributed by atoms with Crippen LogP contribution in [0.25, 0.3) is 11.3 Å². The van der Waals surface area contributed by atoms with Gasteiger partial charge in [0.05, 0.1) is 5.69 Å². The molecule has 2 aromatic rings. The first-order valence-electron chi connectivity index (χ1n) is 6.04. The second-order valence-corrected chi connectivity index (χ2v) is 4.49. The number of phenols is 1. The summed E-state index contributed by atoms with van der Waals surface area (Å²) in [5.41, 5.74) is 3.35. The number of benzene rings is 1. The second kappa shape index (κ2) is 4.76. The number of aromatic hydroxyl groups is 1. The molecule has 100 valence electrons. The lowest BCUT2D eigenvalue weighted by molar-refractivity contribution is 0.0689. The average Bonchev–Trinajstić information content (AvgIpc) is 2.72. The molecule has 0 amide bonds. The van der Waals surface area contributed by atoms with E-state index in [1.54, 1.807) is 23.9 Å². The zero-order valence-electron chi connectivity index (χ0n) is 11.1. The molecule has 0 saturated heterocycles. The van der Waals surface area contributed by atoms with Crippen molar-refractivity contribution < 1.29 is 15.0 Å². The van der Waals surface area contributed by atoms with Gasteiger partial charge in [0.1, 0.15) is 5.75 Å². The number of aryl methyl sites for hydroxylation is 3. The third-order valence-electron chi connectivity index (χ3n) is 3.18. The molecule has 1 aromatic carbocycles. The molecule has 0 aliphatic carbocycles. The van der Waals surface area contributed by atoms with Crippen LogP contribution in [0, 0.1) is 6.92 Å². The van der Waals surface area contributed by atoms with Crippen LogP contribution in [-0.4, -0.2) is 26.0 Å². The van der Waals surface area contributed by atoms with Crippen molar-refractivity contribution in [1.82, 2.24) is 9.78 Å². The van der Waals surface area contributed by atoms with Crippen molar-refractivity contribution >= 4 is 5.97 Å². The fourth-order valence-electron chi connectivity index (χ4n) is 2.12. The number of hydrogen-bond acceptors (Lipinski definition) is 3. The van der Waals surface area contributed by atoms with E-state index in [1.165, 1.54) is 0 Å². The van der Waals surface area contributed by atoms with Crippen molar-refractivity contribution in [3.63, 3.8) is 0 Å². The lowest BCUT2D eigenvalue weighted by atomic mass is 10.00. The van der Waals surface area contributed by atoms with Gasteiger partial charge in [-0.1, -0.05) is 6.92 Å². The summed E-state index contributed by atoms with van der Waals surface area (Å²) >= 11 is 0. The molecule has 1 heterocycles. The highest BCUT2D eigenvalue weighted by Crippen LogP contribution is 2.30. The maximum Gasteiger partial charge on any atom is 0.356 e. The van der Waals surface area contributed by atoms with E-state index in [0.717, 1.165) is 22.4 Å². The number of carboxylic acid groups (broad SMARTS) is 1. The fraction of sp³-hybridized carbons (Fsp3) is 0.286. The molecule has 19 heavy (non-hydrogen) atoms. The van der Waals surface area contributed by atoms with Crippen molar-refractivity contribution in [2.24, 2.45) is 7.05 Å². The van der Waals surface area contributed by atoms with Crippen molar-refractivity contribution in [1.29, 1.82) is 0 Å². The maximum atomic E-state index is 10.9. The molecule has 0 spiro atoms. The Hall–Kier alpha value is -2.30. The molecule has 0 saturated carbocycles. The Morgan fingerprint density at radius 1 is 1.37 bits per heavy atom. The molecule has 0 atom stereocenters. The highest BCUT2D eigenvalue weighted by Gasteiger charge is 2.15. The van der Waals surface area contributed by atoms with Crippen molar-refractivity contribution in [2.45, 2.75) is 20.3 Å². The Morgan fingerprint density at radius 3 is 2.58 bits per heavy atom. The third kappa shape index (κ3) is 2.31. The zero-order valence-corrected chi connectivity index (χ0v) is 11.1. The molecule has 2 rings (SSSR count). The summed E-state index contributed by atoms with van der Waals surface area (Å²) in [5, 5.41) is 22.7. The molecular weight excluding hydrogens is 244 g/mol. The van der Waals surface area contributed by atoms with Gasteiger partial charge < -0.3 is 10.2 Å². The van der Waals surface area contributed by atoms with Crippen LogP contribution < -0.4 is 0 Å². The predicted molar refractivity (Wildman–Crippen MR) is 71.4 cm³/mol. The largest absolute Gasteiger partial charge is 0.508 e. The summed E-state index contributed by atoms with van der Waals surface area (Å²) in [4.78, 5) is 10.9. The van der Waals surface area contributed by atoms with E-state index in [9.17, 15) is 9.90 Å². The van der Waals surface area contributed by atoms with Crippen molar-refractivity contribution in [3.8, 4) is 17.0 Å². The lowest BCUT2D eigenvalue weighted by Crippen LogP contribution is -1.99. The minimum atomic E-state index is -1.05. The number of aromatic nitrogens is 2. The molecule has 0 fully saturated rings. The third-order valence-corrected chi connectivity index (χ3v) is 3.18. The Labute approximate surface area is 111 Å². The lowest BCUT2D eigenvalue weighted by Gasteiger charge is -2.10. The number of carboxylic acids is 1. The average molecular weight is 260 g/mol. The number of aromatic carboxylic acids is 1. The second-order valence-electron chi connectivity index (χ2n) is 4.49. The van der Waals surface area contributed by atoms with Crippen LogP contribution >= 0.6 is 0 Å². The molecule has 0 bridgehead atoms. The van der Waals surface area contributed by atoms with Crippen LogP contribution in [0.4, 0.5) is 0 Å². The number of carbonyl (C=O) groups is 1. The molecule has 0 unspecified atom stereocenters. The zero-order chi connectivity index (χ0) is 14.2. The molecule has 5 nitrogen and oxygen atoms in total. The fourth-order valence-corrected chi connectivity index (χ4v) is 2.12. The summed E-state index contributed by atoms with van der Waals surface area (Å²) in [7, 11) is 1.71. The first-order chi connectivity index (χ1) is 8.93. The quantitative estimate of drug-likeness (QED) is 0.888. The van der Waals surface area contributed by atoms with Gasteiger partial charge in [0.2, 0.25) is 0 Å². The van der Waals surface area contributed by atoms with Gasteiger partial charge in [0.15, 0.2) is 5.69 Å².